The van der Waals surface area contributed by atoms with Crippen molar-refractivity contribution in [3.05, 3.63) is 94.3 Å². The van der Waals surface area contributed by atoms with Gasteiger partial charge in [-0.1, -0.05) is 29.8 Å². The Labute approximate surface area is 173 Å². The number of nitrogens with zero attached hydrogens (tertiary/aromatic N) is 2. The fourth-order valence-electron chi connectivity index (χ4n) is 2.95. The van der Waals surface area contributed by atoms with Crippen LogP contribution in [0.1, 0.15) is 22.3 Å². The molecule has 0 aliphatic heterocycles. The number of hydrogen-bond donors (Lipinski definition) is 0. The summed E-state index contributed by atoms with van der Waals surface area (Å²) in [5.74, 6) is 0. The molecule has 0 atom stereocenters. The first kappa shape index (κ1) is 22.0. The zero-order valence-corrected chi connectivity index (χ0v) is 16.1. The molecule has 0 saturated carbocycles. The second kappa shape index (κ2) is 8.55. The number of halogens is 7. The molecule has 0 N–H and O–H groups in total. The number of alkyl halides is 6. The minimum atomic E-state index is -4.57. The summed E-state index contributed by atoms with van der Waals surface area (Å²) < 4.78 is 78.4. The maximum Gasteiger partial charge on any atom is 0.417 e. The van der Waals surface area contributed by atoms with Crippen LogP contribution in [0.25, 0.3) is 0 Å². The molecule has 1 aromatic heterocycles. The van der Waals surface area contributed by atoms with E-state index in [1.807, 2.05) is 0 Å². The third-order valence-corrected chi connectivity index (χ3v) is 4.49. The monoisotopic (exact) mass is 444 g/mol. The summed E-state index contributed by atoms with van der Waals surface area (Å²) in [6, 6.07) is 12.8. The van der Waals surface area contributed by atoms with E-state index in [4.69, 9.17) is 11.6 Å². The third kappa shape index (κ3) is 5.66. The van der Waals surface area contributed by atoms with E-state index in [1.165, 1.54) is 12.3 Å². The summed E-state index contributed by atoms with van der Waals surface area (Å²) in [5.41, 5.74) is -0.609. The van der Waals surface area contributed by atoms with E-state index in [1.54, 1.807) is 35.2 Å². The topological polar surface area (TPSA) is 16.1 Å². The van der Waals surface area contributed by atoms with Crippen molar-refractivity contribution in [2.24, 2.45) is 0 Å². The molecule has 0 fully saturated rings. The molecule has 30 heavy (non-hydrogen) atoms. The van der Waals surface area contributed by atoms with Gasteiger partial charge in [-0.3, -0.25) is 4.98 Å². The highest BCUT2D eigenvalue weighted by atomic mass is 35.5. The number of rotatable bonds is 5. The first-order valence-electron chi connectivity index (χ1n) is 8.70. The molecule has 3 aromatic rings. The van der Waals surface area contributed by atoms with Crippen molar-refractivity contribution in [2.75, 3.05) is 4.90 Å². The summed E-state index contributed by atoms with van der Waals surface area (Å²) >= 11 is 5.86. The Bertz CT molecular complexity index is 1000. The van der Waals surface area contributed by atoms with Crippen LogP contribution in [-0.4, -0.2) is 4.98 Å². The average molecular weight is 445 g/mol. The third-order valence-electron chi connectivity index (χ3n) is 4.28. The summed E-state index contributed by atoms with van der Waals surface area (Å²) in [7, 11) is 0. The smallest absolute Gasteiger partial charge is 0.363 e. The van der Waals surface area contributed by atoms with Gasteiger partial charge in [0.05, 0.1) is 11.1 Å². The minimum Gasteiger partial charge on any atom is -0.363 e. The first-order valence-corrected chi connectivity index (χ1v) is 9.08. The van der Waals surface area contributed by atoms with Crippen LogP contribution in [0.5, 0.6) is 0 Å². The van der Waals surface area contributed by atoms with Crippen LogP contribution < -0.4 is 4.90 Å². The zero-order chi connectivity index (χ0) is 21.9. The SMILES string of the molecule is FC(F)(F)c1cncc(CN(Cc2cc(Cl)cc(C(F)(F)F)c2)c2ccccc2)c1. The van der Waals surface area contributed by atoms with Gasteiger partial charge in [0.25, 0.3) is 0 Å². The number of para-hydroxylation sites is 1. The van der Waals surface area contributed by atoms with Gasteiger partial charge >= 0.3 is 12.4 Å². The number of pyridine rings is 1. The molecule has 2 aromatic carbocycles. The Kier molecular flexibility index (Phi) is 6.26. The second-order valence-corrected chi connectivity index (χ2v) is 7.05. The lowest BCUT2D eigenvalue weighted by Gasteiger charge is -2.26. The van der Waals surface area contributed by atoms with Crippen LogP contribution in [0.3, 0.4) is 0 Å². The van der Waals surface area contributed by atoms with Crippen molar-refractivity contribution in [2.45, 2.75) is 25.4 Å². The lowest BCUT2D eigenvalue weighted by molar-refractivity contribution is -0.138. The van der Waals surface area contributed by atoms with Gasteiger partial charge in [0, 0.05) is 36.2 Å². The Morgan fingerprint density at radius 1 is 0.733 bits per heavy atom. The lowest BCUT2D eigenvalue weighted by atomic mass is 10.1. The predicted octanol–water partition coefficient (Wildman–Crippen LogP) is 6.98. The van der Waals surface area contributed by atoms with E-state index in [0.29, 0.717) is 5.69 Å². The van der Waals surface area contributed by atoms with E-state index >= 15 is 0 Å². The maximum atomic E-state index is 13.1. The lowest BCUT2D eigenvalue weighted by Crippen LogP contribution is -2.23. The molecule has 158 valence electrons. The van der Waals surface area contributed by atoms with Gasteiger partial charge in [-0.2, -0.15) is 26.3 Å². The summed E-state index contributed by atoms with van der Waals surface area (Å²) in [5, 5.41) is -0.0754. The van der Waals surface area contributed by atoms with Gasteiger partial charge in [0.2, 0.25) is 0 Å². The van der Waals surface area contributed by atoms with Gasteiger partial charge in [-0.25, -0.2) is 0 Å². The van der Waals surface area contributed by atoms with Crippen molar-refractivity contribution < 1.29 is 26.3 Å². The van der Waals surface area contributed by atoms with Gasteiger partial charge in [-0.15, -0.1) is 0 Å². The van der Waals surface area contributed by atoms with Crippen molar-refractivity contribution >= 4 is 17.3 Å². The minimum absolute atomic E-state index is 0.00387. The summed E-state index contributed by atoms with van der Waals surface area (Å²) in [6.45, 7) is 0.0126. The Morgan fingerprint density at radius 2 is 1.33 bits per heavy atom. The van der Waals surface area contributed by atoms with Gasteiger partial charge in [0.15, 0.2) is 0 Å². The van der Waals surface area contributed by atoms with Crippen LogP contribution in [-0.2, 0) is 25.4 Å². The van der Waals surface area contributed by atoms with Crippen LogP contribution in [0.4, 0.5) is 32.0 Å². The predicted molar refractivity (Wildman–Crippen MR) is 102 cm³/mol. The van der Waals surface area contributed by atoms with Gasteiger partial charge in [0.1, 0.15) is 0 Å². The summed E-state index contributed by atoms with van der Waals surface area (Å²) in [6.07, 6.45) is -7.09. The fourth-order valence-corrected chi connectivity index (χ4v) is 3.21. The molecule has 2 nitrogen and oxygen atoms in total. The van der Waals surface area contributed by atoms with Crippen LogP contribution >= 0.6 is 11.6 Å². The van der Waals surface area contributed by atoms with E-state index in [2.05, 4.69) is 4.98 Å². The molecule has 0 aliphatic rings. The standard InChI is InChI=1S/C21H15ClF6N2/c22-18-8-14(6-16(9-18)20(23,24)25)12-30(19-4-2-1-3-5-19)13-15-7-17(11-29-10-15)21(26,27)28/h1-11H,12-13H2. The molecule has 0 spiro atoms. The molecular formula is C21H15ClF6N2. The number of aromatic nitrogens is 1. The maximum absolute atomic E-state index is 13.1. The van der Waals surface area contributed by atoms with Crippen LogP contribution in [0.15, 0.2) is 67.0 Å². The van der Waals surface area contributed by atoms with E-state index in [-0.39, 0.29) is 29.2 Å². The molecule has 9 heteroatoms. The fraction of sp³-hybridized carbons (Fsp3) is 0.190. The molecule has 0 aliphatic carbocycles. The van der Waals surface area contributed by atoms with E-state index in [9.17, 15) is 26.3 Å². The van der Waals surface area contributed by atoms with Crippen molar-refractivity contribution in [1.82, 2.24) is 4.98 Å². The van der Waals surface area contributed by atoms with Crippen molar-refractivity contribution in [1.29, 1.82) is 0 Å². The van der Waals surface area contributed by atoms with Gasteiger partial charge in [-0.05, 0) is 47.5 Å². The normalized spacial score (nSPS) is 12.1. The van der Waals surface area contributed by atoms with E-state index in [0.717, 1.165) is 24.4 Å². The molecule has 0 amide bonds. The number of benzene rings is 2. The average Bonchev–Trinajstić information content (AvgIpc) is 2.67. The number of anilines is 1. The Morgan fingerprint density at radius 3 is 1.97 bits per heavy atom. The first-order chi connectivity index (χ1) is 14.0. The molecule has 3 rings (SSSR count). The van der Waals surface area contributed by atoms with Crippen molar-refractivity contribution in [3.8, 4) is 0 Å². The number of hydrogen-bond acceptors (Lipinski definition) is 2. The molecule has 1 heterocycles. The van der Waals surface area contributed by atoms with E-state index < -0.39 is 23.5 Å². The highest BCUT2D eigenvalue weighted by Crippen LogP contribution is 2.33. The molecular weight excluding hydrogens is 430 g/mol. The second-order valence-electron chi connectivity index (χ2n) is 6.62. The molecule has 0 unspecified atom stereocenters. The van der Waals surface area contributed by atoms with Crippen LogP contribution in [0, 0.1) is 0 Å². The highest BCUT2D eigenvalue weighted by Gasteiger charge is 2.32. The zero-order valence-electron chi connectivity index (χ0n) is 15.3. The Hall–Kier alpha value is -2.74. The highest BCUT2D eigenvalue weighted by molar-refractivity contribution is 6.30. The Balaban J connectivity index is 1.95. The quantitative estimate of drug-likeness (QED) is 0.395. The van der Waals surface area contributed by atoms with Crippen molar-refractivity contribution in [3.63, 3.8) is 0 Å². The van der Waals surface area contributed by atoms with Crippen LogP contribution in [0.2, 0.25) is 5.02 Å². The molecule has 0 radical (unpaired) electrons. The molecule has 0 saturated heterocycles. The summed E-state index contributed by atoms with van der Waals surface area (Å²) in [4.78, 5) is 5.30. The molecule has 0 bridgehead atoms. The largest absolute Gasteiger partial charge is 0.417 e. The van der Waals surface area contributed by atoms with Gasteiger partial charge < -0.3 is 4.90 Å².